The molecule has 15 heavy (non-hydrogen) atoms. The highest BCUT2D eigenvalue weighted by Crippen LogP contribution is 2.32. The standard InChI is InChI=1S/C13H22N2/c1-3-12(2)15-10-6-9-14-13(11-15)7-4-5-8-13/h1,12,14H,4-11H2,2H3. The fourth-order valence-corrected chi connectivity index (χ4v) is 2.98. The van der Waals surface area contributed by atoms with Gasteiger partial charge in [0.25, 0.3) is 0 Å². The van der Waals surface area contributed by atoms with Gasteiger partial charge in [0.2, 0.25) is 0 Å². The summed E-state index contributed by atoms with van der Waals surface area (Å²) in [5.74, 6) is 2.87. The van der Waals surface area contributed by atoms with E-state index in [2.05, 4.69) is 23.1 Å². The van der Waals surface area contributed by atoms with Crippen molar-refractivity contribution in [2.75, 3.05) is 19.6 Å². The largest absolute Gasteiger partial charge is 0.310 e. The molecule has 1 aliphatic carbocycles. The smallest absolute Gasteiger partial charge is 0.0683 e. The van der Waals surface area contributed by atoms with Crippen LogP contribution in [0.1, 0.15) is 39.0 Å². The number of nitrogens with one attached hydrogen (secondary N) is 1. The third kappa shape index (κ3) is 2.35. The summed E-state index contributed by atoms with van der Waals surface area (Å²) in [5.41, 5.74) is 0.390. The zero-order valence-corrected chi connectivity index (χ0v) is 9.76. The molecule has 2 fully saturated rings. The summed E-state index contributed by atoms with van der Waals surface area (Å²) in [5, 5.41) is 3.76. The Bertz CT molecular complexity index is 248. The van der Waals surface area contributed by atoms with Gasteiger partial charge >= 0.3 is 0 Å². The molecule has 84 valence electrons. The van der Waals surface area contributed by atoms with Crippen molar-refractivity contribution in [1.29, 1.82) is 0 Å². The minimum absolute atomic E-state index is 0.294. The molecule has 0 aromatic rings. The molecule has 0 radical (unpaired) electrons. The van der Waals surface area contributed by atoms with Crippen LogP contribution in [0.15, 0.2) is 0 Å². The molecule has 1 saturated carbocycles. The van der Waals surface area contributed by atoms with Gasteiger partial charge in [-0.05, 0) is 32.7 Å². The highest BCUT2D eigenvalue weighted by molar-refractivity contribution is 5.03. The predicted molar refractivity (Wildman–Crippen MR) is 63.7 cm³/mol. The predicted octanol–water partition coefficient (Wildman–Crippen LogP) is 1.62. The summed E-state index contributed by atoms with van der Waals surface area (Å²) in [6.07, 6.45) is 12.2. The van der Waals surface area contributed by atoms with Gasteiger partial charge in [-0.3, -0.25) is 4.90 Å². The molecule has 1 saturated heterocycles. The van der Waals surface area contributed by atoms with Gasteiger partial charge in [-0.1, -0.05) is 18.8 Å². The minimum Gasteiger partial charge on any atom is -0.310 e. The van der Waals surface area contributed by atoms with Gasteiger partial charge < -0.3 is 5.32 Å². The van der Waals surface area contributed by atoms with Crippen LogP contribution < -0.4 is 5.32 Å². The Balaban J connectivity index is 2.05. The first-order chi connectivity index (χ1) is 7.26. The Morgan fingerprint density at radius 3 is 2.73 bits per heavy atom. The van der Waals surface area contributed by atoms with Crippen LogP contribution >= 0.6 is 0 Å². The summed E-state index contributed by atoms with van der Waals surface area (Å²) in [7, 11) is 0. The number of terminal acetylenes is 1. The normalized spacial score (nSPS) is 28.5. The Morgan fingerprint density at radius 1 is 1.33 bits per heavy atom. The van der Waals surface area contributed by atoms with E-state index in [-0.39, 0.29) is 0 Å². The molecule has 2 nitrogen and oxygen atoms in total. The van der Waals surface area contributed by atoms with E-state index >= 15 is 0 Å². The highest BCUT2D eigenvalue weighted by Gasteiger charge is 2.37. The van der Waals surface area contributed by atoms with Crippen LogP contribution in [-0.4, -0.2) is 36.1 Å². The molecule has 1 aliphatic heterocycles. The summed E-state index contributed by atoms with van der Waals surface area (Å²) in [4.78, 5) is 2.48. The van der Waals surface area contributed by atoms with Gasteiger partial charge in [-0.2, -0.15) is 0 Å². The Morgan fingerprint density at radius 2 is 2.07 bits per heavy atom. The van der Waals surface area contributed by atoms with Crippen LogP contribution in [0.2, 0.25) is 0 Å². The first-order valence-electron chi connectivity index (χ1n) is 6.21. The van der Waals surface area contributed by atoms with Crippen molar-refractivity contribution in [3.05, 3.63) is 0 Å². The van der Waals surface area contributed by atoms with Gasteiger partial charge in [0.1, 0.15) is 0 Å². The fourth-order valence-electron chi connectivity index (χ4n) is 2.98. The minimum atomic E-state index is 0.294. The van der Waals surface area contributed by atoms with E-state index in [0.29, 0.717) is 11.6 Å². The quantitative estimate of drug-likeness (QED) is 0.656. The van der Waals surface area contributed by atoms with Gasteiger partial charge in [-0.15, -0.1) is 6.42 Å². The molecule has 1 N–H and O–H groups in total. The van der Waals surface area contributed by atoms with E-state index in [4.69, 9.17) is 6.42 Å². The van der Waals surface area contributed by atoms with Crippen molar-refractivity contribution >= 4 is 0 Å². The van der Waals surface area contributed by atoms with Crippen molar-refractivity contribution in [2.24, 2.45) is 0 Å². The third-order valence-corrected chi connectivity index (χ3v) is 3.98. The third-order valence-electron chi connectivity index (χ3n) is 3.98. The monoisotopic (exact) mass is 206 g/mol. The van der Waals surface area contributed by atoms with Gasteiger partial charge in [0.15, 0.2) is 0 Å². The molecule has 0 aromatic carbocycles. The van der Waals surface area contributed by atoms with Crippen LogP contribution in [0.25, 0.3) is 0 Å². The Kier molecular flexibility index (Phi) is 3.33. The summed E-state index contributed by atoms with van der Waals surface area (Å²) in [6.45, 7) is 5.61. The van der Waals surface area contributed by atoms with Crippen molar-refractivity contribution in [3.8, 4) is 12.3 Å². The number of hydrogen-bond donors (Lipinski definition) is 1. The number of hydrogen-bond acceptors (Lipinski definition) is 2. The number of nitrogens with zero attached hydrogens (tertiary/aromatic N) is 1. The van der Waals surface area contributed by atoms with Crippen LogP contribution in [0, 0.1) is 12.3 Å². The van der Waals surface area contributed by atoms with Gasteiger partial charge in [0.05, 0.1) is 6.04 Å². The van der Waals surface area contributed by atoms with E-state index in [1.807, 2.05) is 0 Å². The molecule has 0 aromatic heterocycles. The van der Waals surface area contributed by atoms with Gasteiger partial charge in [0, 0.05) is 18.6 Å². The zero-order chi connectivity index (χ0) is 10.7. The first-order valence-corrected chi connectivity index (χ1v) is 6.21. The number of rotatable bonds is 1. The molecule has 2 rings (SSSR count). The molecule has 1 atom stereocenters. The van der Waals surface area contributed by atoms with Crippen LogP contribution in [0.3, 0.4) is 0 Å². The maximum absolute atomic E-state index is 5.53. The SMILES string of the molecule is C#CC(C)N1CCCNC2(CCCC2)C1. The van der Waals surface area contributed by atoms with E-state index < -0.39 is 0 Å². The van der Waals surface area contributed by atoms with Crippen molar-refractivity contribution in [1.82, 2.24) is 10.2 Å². The Labute approximate surface area is 93.4 Å². The van der Waals surface area contributed by atoms with E-state index in [9.17, 15) is 0 Å². The second-order valence-corrected chi connectivity index (χ2v) is 5.08. The lowest BCUT2D eigenvalue weighted by atomic mass is 9.96. The zero-order valence-electron chi connectivity index (χ0n) is 9.76. The van der Waals surface area contributed by atoms with Crippen molar-refractivity contribution in [3.63, 3.8) is 0 Å². The second kappa shape index (κ2) is 4.55. The van der Waals surface area contributed by atoms with Crippen molar-refractivity contribution in [2.45, 2.75) is 50.6 Å². The molecule has 2 aliphatic rings. The van der Waals surface area contributed by atoms with Crippen LogP contribution in [0.5, 0.6) is 0 Å². The van der Waals surface area contributed by atoms with E-state index in [1.165, 1.54) is 32.1 Å². The maximum Gasteiger partial charge on any atom is 0.0683 e. The molecule has 1 heterocycles. The second-order valence-electron chi connectivity index (χ2n) is 5.08. The molecule has 0 amide bonds. The van der Waals surface area contributed by atoms with E-state index in [0.717, 1.165) is 19.6 Å². The topological polar surface area (TPSA) is 15.3 Å². The highest BCUT2D eigenvalue weighted by atomic mass is 15.2. The molecule has 0 bridgehead atoms. The molecule has 1 unspecified atom stereocenters. The summed E-state index contributed by atoms with van der Waals surface area (Å²) >= 11 is 0. The fraction of sp³-hybridized carbons (Fsp3) is 0.846. The maximum atomic E-state index is 5.53. The average Bonchev–Trinajstić information content (AvgIpc) is 2.59. The molecular weight excluding hydrogens is 184 g/mol. The molecule has 2 heteroatoms. The lowest BCUT2D eigenvalue weighted by molar-refractivity contribution is 0.192. The van der Waals surface area contributed by atoms with Crippen LogP contribution in [0.4, 0.5) is 0 Å². The first kappa shape index (κ1) is 11.0. The average molecular weight is 206 g/mol. The lowest BCUT2D eigenvalue weighted by Crippen LogP contribution is -2.50. The summed E-state index contributed by atoms with van der Waals surface area (Å²) in [6, 6.07) is 0.294. The van der Waals surface area contributed by atoms with E-state index in [1.54, 1.807) is 0 Å². The van der Waals surface area contributed by atoms with Crippen LogP contribution in [-0.2, 0) is 0 Å². The summed E-state index contributed by atoms with van der Waals surface area (Å²) < 4.78 is 0. The van der Waals surface area contributed by atoms with Gasteiger partial charge in [-0.25, -0.2) is 0 Å². The van der Waals surface area contributed by atoms with Crippen molar-refractivity contribution < 1.29 is 0 Å². The molecule has 1 spiro atoms. The Hall–Kier alpha value is -0.520. The molecular formula is C13H22N2. The lowest BCUT2D eigenvalue weighted by Gasteiger charge is -2.34.